The van der Waals surface area contributed by atoms with Gasteiger partial charge in [0.25, 0.3) is 0 Å². The van der Waals surface area contributed by atoms with E-state index in [1.807, 2.05) is 55.5 Å². The molecule has 0 bridgehead atoms. The van der Waals surface area contributed by atoms with Crippen LogP contribution in [0.3, 0.4) is 0 Å². The van der Waals surface area contributed by atoms with Crippen molar-refractivity contribution in [1.29, 1.82) is 0 Å². The van der Waals surface area contributed by atoms with Crippen molar-refractivity contribution < 1.29 is 3.07 Å². The first-order valence-corrected chi connectivity index (χ1v) is 7.05. The van der Waals surface area contributed by atoms with Crippen LogP contribution in [0.15, 0.2) is 36.8 Å². The Morgan fingerprint density at radius 3 is 2.90 bits per heavy atom. The van der Waals surface area contributed by atoms with E-state index in [2.05, 4.69) is 26.2 Å². The van der Waals surface area contributed by atoms with Gasteiger partial charge >= 0.3 is 0 Å². The number of halogens is 1. The second-order valence-corrected chi connectivity index (χ2v) is 4.88. The normalized spacial score (nSPS) is 10.7. The SMILES string of the molecule is BNc1ccc(Cc2c[nH]c3ncc(OI)cc23)cn1. The molecule has 0 aliphatic carbocycles. The summed E-state index contributed by atoms with van der Waals surface area (Å²) in [6.45, 7) is 0. The number of H-pyrrole nitrogens is 1. The summed E-state index contributed by atoms with van der Waals surface area (Å²) < 4.78 is 5.20. The minimum atomic E-state index is 0.752. The standard InChI is InChI=1S/C13H12BIN4O/c14-19-12-2-1-8(5-16-12)3-9-6-17-13-11(9)4-10(20-15)7-18-13/h1-2,4-7H,3,14H2,(H,16,19)(H,17,18). The third-order valence-electron chi connectivity index (χ3n) is 3.16. The summed E-state index contributed by atoms with van der Waals surface area (Å²) in [6.07, 6.45) is 6.39. The molecule has 7 heteroatoms. The maximum Gasteiger partial charge on any atom is 0.215 e. The fourth-order valence-corrected chi connectivity index (χ4v) is 2.36. The van der Waals surface area contributed by atoms with E-state index in [9.17, 15) is 0 Å². The van der Waals surface area contributed by atoms with Crippen LogP contribution in [0.4, 0.5) is 5.82 Å². The van der Waals surface area contributed by atoms with Crippen LogP contribution in [0.1, 0.15) is 11.1 Å². The van der Waals surface area contributed by atoms with E-state index in [-0.39, 0.29) is 0 Å². The van der Waals surface area contributed by atoms with E-state index in [0.29, 0.717) is 0 Å². The van der Waals surface area contributed by atoms with Crippen molar-refractivity contribution in [3.63, 3.8) is 0 Å². The molecule has 0 amide bonds. The van der Waals surface area contributed by atoms with Crippen molar-refractivity contribution in [3.8, 4) is 5.75 Å². The number of anilines is 1. The molecule has 3 heterocycles. The maximum absolute atomic E-state index is 5.20. The van der Waals surface area contributed by atoms with Gasteiger partial charge in [0.15, 0.2) is 28.8 Å². The number of aromatic amines is 1. The molecule has 0 spiro atoms. The molecule has 0 fully saturated rings. The number of hydrogen-bond donors (Lipinski definition) is 2. The molecule has 20 heavy (non-hydrogen) atoms. The molecule has 0 saturated carbocycles. The molecule has 3 aromatic heterocycles. The Morgan fingerprint density at radius 2 is 2.20 bits per heavy atom. The second-order valence-electron chi connectivity index (χ2n) is 4.44. The Hall–Kier alpha value is -1.77. The van der Waals surface area contributed by atoms with Gasteiger partial charge < -0.3 is 13.3 Å². The number of aromatic nitrogens is 3. The van der Waals surface area contributed by atoms with E-state index < -0.39 is 0 Å². The monoisotopic (exact) mass is 378 g/mol. The zero-order chi connectivity index (χ0) is 13.9. The minimum Gasteiger partial charge on any atom is -0.426 e. The minimum absolute atomic E-state index is 0.752. The van der Waals surface area contributed by atoms with E-state index in [1.54, 1.807) is 6.20 Å². The van der Waals surface area contributed by atoms with Crippen LogP contribution in [0.5, 0.6) is 5.75 Å². The van der Waals surface area contributed by atoms with Crippen molar-refractivity contribution in [1.82, 2.24) is 15.0 Å². The molecule has 100 valence electrons. The lowest BCUT2D eigenvalue weighted by Crippen LogP contribution is -1.95. The predicted molar refractivity (Wildman–Crippen MR) is 90.0 cm³/mol. The van der Waals surface area contributed by atoms with Crippen LogP contribution < -0.4 is 8.29 Å². The molecule has 0 saturated heterocycles. The number of hydrogen-bond acceptors (Lipinski definition) is 4. The van der Waals surface area contributed by atoms with E-state index in [0.717, 1.165) is 34.6 Å². The smallest absolute Gasteiger partial charge is 0.215 e. The largest absolute Gasteiger partial charge is 0.426 e. The molecule has 0 unspecified atom stereocenters. The van der Waals surface area contributed by atoms with Crippen LogP contribution in [0.25, 0.3) is 11.0 Å². The zero-order valence-electron chi connectivity index (χ0n) is 10.9. The Labute approximate surface area is 131 Å². The molecule has 0 aliphatic heterocycles. The fraction of sp³-hybridized carbons (Fsp3) is 0.0769. The Kier molecular flexibility index (Phi) is 3.77. The number of pyridine rings is 2. The first-order chi connectivity index (χ1) is 9.80. The van der Waals surface area contributed by atoms with Crippen LogP contribution in [0, 0.1) is 0 Å². The van der Waals surface area contributed by atoms with E-state index >= 15 is 0 Å². The number of rotatable bonds is 4. The number of fused-ring (bicyclic) bond motifs is 1. The highest BCUT2D eigenvalue weighted by molar-refractivity contribution is 14.1. The van der Waals surface area contributed by atoms with Crippen LogP contribution in [0.2, 0.25) is 0 Å². The lowest BCUT2D eigenvalue weighted by Gasteiger charge is -2.03. The average Bonchev–Trinajstić information content (AvgIpc) is 2.90. The maximum atomic E-state index is 5.20. The Morgan fingerprint density at radius 1 is 1.30 bits per heavy atom. The first-order valence-electron chi connectivity index (χ1n) is 6.17. The van der Waals surface area contributed by atoms with Gasteiger partial charge in [-0.2, -0.15) is 0 Å². The molecule has 2 N–H and O–H groups in total. The Balaban J connectivity index is 1.93. The summed E-state index contributed by atoms with van der Waals surface area (Å²) in [7, 11) is 1.86. The van der Waals surface area contributed by atoms with E-state index in [4.69, 9.17) is 3.07 Å². The van der Waals surface area contributed by atoms with Crippen LogP contribution >= 0.6 is 23.0 Å². The quantitative estimate of drug-likeness (QED) is 0.540. The number of nitrogens with zero attached hydrogens (tertiary/aromatic N) is 2. The van der Waals surface area contributed by atoms with Crippen molar-refractivity contribution in [2.24, 2.45) is 0 Å². The fourth-order valence-electron chi connectivity index (χ4n) is 2.12. The molecular weight excluding hydrogens is 366 g/mol. The second kappa shape index (κ2) is 5.70. The Bertz CT molecular complexity index is 729. The van der Waals surface area contributed by atoms with Crippen LogP contribution in [-0.4, -0.2) is 22.9 Å². The molecule has 5 nitrogen and oxygen atoms in total. The zero-order valence-corrected chi connectivity index (χ0v) is 13.0. The summed E-state index contributed by atoms with van der Waals surface area (Å²) in [6, 6.07) is 6.04. The highest BCUT2D eigenvalue weighted by Crippen LogP contribution is 2.24. The summed E-state index contributed by atoms with van der Waals surface area (Å²) in [5.41, 5.74) is 3.21. The molecule has 3 aromatic rings. The molecule has 0 aliphatic rings. The van der Waals surface area contributed by atoms with Crippen molar-refractivity contribution in [2.45, 2.75) is 6.42 Å². The van der Waals surface area contributed by atoms with Gasteiger partial charge in [0.05, 0.1) is 6.20 Å². The average molecular weight is 378 g/mol. The third kappa shape index (κ3) is 2.58. The van der Waals surface area contributed by atoms with Crippen molar-refractivity contribution >= 4 is 47.8 Å². The lowest BCUT2D eigenvalue weighted by molar-refractivity contribution is 0.713. The summed E-state index contributed by atoms with van der Waals surface area (Å²) in [5.74, 6) is 1.62. The van der Waals surface area contributed by atoms with Crippen LogP contribution in [-0.2, 0) is 6.42 Å². The van der Waals surface area contributed by atoms with Gasteiger partial charge in [-0.25, -0.2) is 9.97 Å². The molecular formula is C13H12BIN4O. The summed E-state index contributed by atoms with van der Waals surface area (Å²) in [5, 5.41) is 4.09. The van der Waals surface area contributed by atoms with Crippen molar-refractivity contribution in [2.75, 3.05) is 5.23 Å². The molecule has 3 rings (SSSR count). The summed E-state index contributed by atoms with van der Waals surface area (Å²) in [4.78, 5) is 11.8. The van der Waals surface area contributed by atoms with Gasteiger partial charge in [0, 0.05) is 24.2 Å². The molecule has 0 radical (unpaired) electrons. The van der Waals surface area contributed by atoms with Gasteiger partial charge in [-0.3, -0.25) is 0 Å². The summed E-state index contributed by atoms with van der Waals surface area (Å²) >= 11 is 1.86. The third-order valence-corrected chi connectivity index (χ3v) is 3.66. The highest BCUT2D eigenvalue weighted by atomic mass is 127. The van der Waals surface area contributed by atoms with Gasteiger partial charge in [0.2, 0.25) is 7.98 Å². The highest BCUT2D eigenvalue weighted by Gasteiger charge is 2.07. The number of nitrogens with one attached hydrogen (secondary N) is 2. The van der Waals surface area contributed by atoms with Crippen molar-refractivity contribution in [3.05, 3.63) is 47.9 Å². The first kappa shape index (κ1) is 13.2. The van der Waals surface area contributed by atoms with Gasteiger partial charge in [-0.05, 0) is 23.3 Å². The van der Waals surface area contributed by atoms with Gasteiger partial charge in [0.1, 0.15) is 11.5 Å². The lowest BCUT2D eigenvalue weighted by atomic mass is 10.1. The topological polar surface area (TPSA) is 62.8 Å². The van der Waals surface area contributed by atoms with Gasteiger partial charge in [-0.1, -0.05) is 6.07 Å². The van der Waals surface area contributed by atoms with Gasteiger partial charge in [-0.15, -0.1) is 0 Å². The van der Waals surface area contributed by atoms with E-state index in [1.165, 1.54) is 5.56 Å². The molecule has 0 aromatic carbocycles. The predicted octanol–water partition coefficient (Wildman–Crippen LogP) is 2.24. The molecule has 0 atom stereocenters.